The van der Waals surface area contributed by atoms with E-state index in [0.29, 0.717) is 0 Å². The molecule has 1 aromatic rings. The van der Waals surface area contributed by atoms with Crippen molar-refractivity contribution in [3.05, 3.63) is 26.7 Å². The summed E-state index contributed by atoms with van der Waals surface area (Å²) in [6.45, 7) is 10.1. The number of nitrogens with zero attached hydrogens (tertiary/aromatic N) is 1. The molecule has 0 bridgehead atoms. The topological polar surface area (TPSA) is 72.6 Å². The van der Waals surface area contributed by atoms with Gasteiger partial charge in [-0.1, -0.05) is 20.8 Å². The number of benzene rings is 1. The summed E-state index contributed by atoms with van der Waals surface area (Å²) in [7, 11) is -2.19. The Bertz CT molecular complexity index is 511. The molecule has 106 valence electrons. The van der Waals surface area contributed by atoms with Gasteiger partial charge in [-0.05, 0) is 46.2 Å². The lowest BCUT2D eigenvalue weighted by molar-refractivity contribution is -0.386. The predicted molar refractivity (Wildman–Crippen MR) is 80.3 cm³/mol. The summed E-state index contributed by atoms with van der Waals surface area (Å²) in [6.07, 6.45) is 0. The lowest BCUT2D eigenvalue weighted by Crippen LogP contribution is -2.44. The van der Waals surface area contributed by atoms with Crippen molar-refractivity contribution < 1.29 is 14.5 Å². The van der Waals surface area contributed by atoms with Crippen molar-refractivity contribution in [1.82, 2.24) is 0 Å². The van der Waals surface area contributed by atoms with E-state index in [1.807, 2.05) is 33.9 Å². The fraction of sp³-hybridized carbons (Fsp3) is 0.500. The molecule has 0 spiro atoms. The van der Waals surface area contributed by atoms with Gasteiger partial charge in [0, 0.05) is 0 Å². The third-order valence-electron chi connectivity index (χ3n) is 3.42. The monoisotopic (exact) mass is 347 g/mol. The largest absolute Gasteiger partial charge is 0.539 e. The van der Waals surface area contributed by atoms with Crippen LogP contribution in [0.3, 0.4) is 0 Å². The van der Waals surface area contributed by atoms with Crippen molar-refractivity contribution in [3.63, 3.8) is 0 Å². The van der Waals surface area contributed by atoms with E-state index in [-0.39, 0.29) is 20.9 Å². The molecule has 0 aromatic heterocycles. The van der Waals surface area contributed by atoms with Crippen LogP contribution in [0, 0.1) is 10.1 Å². The molecule has 0 fully saturated rings. The SMILES string of the molecule is CC(C)(C)[Si](C)(C)Oc1ccc(Br)c(O)c1[N+](=O)[O-]. The Morgan fingerprint density at radius 2 is 1.89 bits per heavy atom. The Morgan fingerprint density at radius 3 is 2.32 bits per heavy atom. The molecule has 0 aliphatic heterocycles. The van der Waals surface area contributed by atoms with Gasteiger partial charge >= 0.3 is 5.69 Å². The second-order valence-electron chi connectivity index (χ2n) is 5.86. The van der Waals surface area contributed by atoms with Gasteiger partial charge in [0.05, 0.1) is 9.40 Å². The second-order valence-corrected chi connectivity index (χ2v) is 11.4. The van der Waals surface area contributed by atoms with Gasteiger partial charge < -0.3 is 9.53 Å². The number of rotatable bonds is 3. The second kappa shape index (κ2) is 5.13. The molecule has 1 aromatic carbocycles. The minimum absolute atomic E-state index is 0.0798. The van der Waals surface area contributed by atoms with Crippen LogP contribution in [0.1, 0.15) is 20.8 Å². The number of phenols is 1. The van der Waals surface area contributed by atoms with Crippen LogP contribution in [0.5, 0.6) is 11.5 Å². The molecule has 0 saturated heterocycles. The summed E-state index contributed by atoms with van der Waals surface area (Å²) >= 11 is 3.07. The quantitative estimate of drug-likeness (QED) is 0.498. The average Bonchev–Trinajstić information content (AvgIpc) is 2.21. The van der Waals surface area contributed by atoms with Crippen LogP contribution in [0.2, 0.25) is 18.1 Å². The zero-order chi connectivity index (χ0) is 15.0. The first-order valence-corrected chi connectivity index (χ1v) is 9.52. The van der Waals surface area contributed by atoms with Crippen molar-refractivity contribution in [2.45, 2.75) is 38.9 Å². The molecule has 19 heavy (non-hydrogen) atoms. The summed E-state index contributed by atoms with van der Waals surface area (Å²) in [4.78, 5) is 10.5. The lowest BCUT2D eigenvalue weighted by Gasteiger charge is -2.36. The average molecular weight is 348 g/mol. The molecule has 0 atom stereocenters. The highest BCUT2D eigenvalue weighted by Crippen LogP contribution is 2.45. The van der Waals surface area contributed by atoms with Crippen LogP contribution >= 0.6 is 15.9 Å². The van der Waals surface area contributed by atoms with E-state index in [1.165, 1.54) is 6.07 Å². The molecule has 0 heterocycles. The Labute approximate surface area is 122 Å². The van der Waals surface area contributed by atoms with Crippen LogP contribution in [-0.4, -0.2) is 18.3 Å². The van der Waals surface area contributed by atoms with E-state index in [0.717, 1.165) is 0 Å². The van der Waals surface area contributed by atoms with E-state index in [1.54, 1.807) is 6.07 Å². The van der Waals surface area contributed by atoms with Gasteiger partial charge in [-0.3, -0.25) is 10.1 Å². The predicted octanol–water partition coefficient (Wildman–Crippen LogP) is 4.45. The number of nitro groups is 1. The van der Waals surface area contributed by atoms with Crippen molar-refractivity contribution >= 4 is 29.9 Å². The summed E-state index contributed by atoms with van der Waals surface area (Å²) in [5.41, 5.74) is -0.390. The third kappa shape index (κ3) is 3.27. The van der Waals surface area contributed by atoms with E-state index < -0.39 is 19.0 Å². The van der Waals surface area contributed by atoms with Gasteiger partial charge in [-0.25, -0.2) is 0 Å². The van der Waals surface area contributed by atoms with Gasteiger partial charge in [0.2, 0.25) is 5.75 Å². The van der Waals surface area contributed by atoms with Crippen LogP contribution in [0.4, 0.5) is 5.69 Å². The maximum Gasteiger partial charge on any atom is 0.351 e. The first kappa shape index (κ1) is 16.0. The molecule has 0 radical (unpaired) electrons. The third-order valence-corrected chi connectivity index (χ3v) is 8.40. The van der Waals surface area contributed by atoms with Crippen LogP contribution in [0.15, 0.2) is 16.6 Å². The summed E-state index contributed by atoms with van der Waals surface area (Å²) < 4.78 is 6.19. The highest BCUT2D eigenvalue weighted by atomic mass is 79.9. The summed E-state index contributed by atoms with van der Waals surface area (Å²) in [6, 6.07) is 3.06. The fourth-order valence-corrected chi connectivity index (χ4v) is 2.56. The van der Waals surface area contributed by atoms with E-state index >= 15 is 0 Å². The molecule has 0 amide bonds. The highest BCUT2D eigenvalue weighted by molar-refractivity contribution is 9.10. The molecule has 7 heteroatoms. The zero-order valence-corrected chi connectivity index (χ0v) is 14.2. The van der Waals surface area contributed by atoms with Crippen molar-refractivity contribution in [2.24, 2.45) is 0 Å². The maximum atomic E-state index is 11.1. The number of hydrogen-bond donors (Lipinski definition) is 1. The molecular weight excluding hydrogens is 330 g/mol. The van der Waals surface area contributed by atoms with E-state index in [9.17, 15) is 15.2 Å². The highest BCUT2D eigenvalue weighted by Gasteiger charge is 2.41. The van der Waals surface area contributed by atoms with Crippen molar-refractivity contribution in [3.8, 4) is 11.5 Å². The molecule has 0 saturated carbocycles. The Morgan fingerprint density at radius 1 is 1.37 bits per heavy atom. The number of nitro benzene ring substituents is 1. The zero-order valence-electron chi connectivity index (χ0n) is 11.7. The van der Waals surface area contributed by atoms with E-state index in [4.69, 9.17) is 4.43 Å². The standard InChI is InChI=1S/C12H18BrNO4Si/c1-12(2,3)19(4,5)18-9-7-6-8(13)11(15)10(9)14(16)17/h6-7,15H,1-5H3. The molecule has 5 nitrogen and oxygen atoms in total. The molecule has 1 rings (SSSR count). The smallest absolute Gasteiger partial charge is 0.351 e. The van der Waals surface area contributed by atoms with Gasteiger partial charge in [0.25, 0.3) is 8.32 Å². The molecular formula is C12H18BrNO4Si. The minimum atomic E-state index is -2.19. The molecule has 0 unspecified atom stereocenters. The summed E-state index contributed by atoms with van der Waals surface area (Å²) in [5.74, 6) is -0.279. The lowest BCUT2D eigenvalue weighted by atomic mass is 10.2. The Hall–Kier alpha value is -1.08. The van der Waals surface area contributed by atoms with Crippen molar-refractivity contribution in [2.75, 3.05) is 0 Å². The van der Waals surface area contributed by atoms with Crippen LogP contribution < -0.4 is 4.43 Å². The first-order valence-electron chi connectivity index (χ1n) is 5.82. The number of hydrogen-bond acceptors (Lipinski definition) is 4. The van der Waals surface area contributed by atoms with Gasteiger partial charge in [0.15, 0.2) is 5.75 Å². The number of halogens is 1. The van der Waals surface area contributed by atoms with Gasteiger partial charge in [-0.15, -0.1) is 0 Å². The number of phenolic OH excluding ortho intramolecular Hbond substituents is 1. The van der Waals surface area contributed by atoms with Crippen molar-refractivity contribution in [1.29, 1.82) is 0 Å². The maximum absolute atomic E-state index is 11.1. The minimum Gasteiger partial charge on any atom is -0.539 e. The number of aromatic hydroxyl groups is 1. The fourth-order valence-electron chi connectivity index (χ4n) is 1.22. The Kier molecular flexibility index (Phi) is 4.31. The van der Waals surface area contributed by atoms with Crippen LogP contribution in [-0.2, 0) is 0 Å². The summed E-state index contributed by atoms with van der Waals surface area (Å²) in [5, 5.41) is 20.8. The van der Waals surface area contributed by atoms with Gasteiger partial charge in [0.1, 0.15) is 0 Å². The first-order chi connectivity index (χ1) is 8.47. The Balaban J connectivity index is 3.30. The molecule has 0 aliphatic rings. The van der Waals surface area contributed by atoms with Crippen LogP contribution in [0.25, 0.3) is 0 Å². The normalized spacial score (nSPS) is 12.3. The van der Waals surface area contributed by atoms with E-state index in [2.05, 4.69) is 15.9 Å². The molecule has 0 aliphatic carbocycles. The van der Waals surface area contributed by atoms with Gasteiger partial charge in [-0.2, -0.15) is 0 Å². The molecule has 1 N–H and O–H groups in total.